The second kappa shape index (κ2) is 9.59. The molecule has 0 spiro atoms. The molecule has 1 heterocycles. The molecule has 1 aromatic carbocycles. The summed E-state index contributed by atoms with van der Waals surface area (Å²) in [6, 6.07) is 7.64. The first-order valence-electron chi connectivity index (χ1n) is 8.57. The van der Waals surface area contributed by atoms with Crippen molar-refractivity contribution >= 4 is 17.3 Å². The van der Waals surface area contributed by atoms with E-state index in [-0.39, 0.29) is 12.6 Å². The number of hydrogen-bond acceptors (Lipinski definition) is 4. The molecule has 148 valence electrons. The molecule has 9 heteroatoms. The lowest BCUT2D eigenvalue weighted by molar-refractivity contribution is -0.140. The lowest BCUT2D eigenvalue weighted by Crippen LogP contribution is -2.36. The Morgan fingerprint density at radius 2 is 1.93 bits per heavy atom. The van der Waals surface area contributed by atoms with Gasteiger partial charge in [-0.1, -0.05) is 12.1 Å². The molecule has 5 nitrogen and oxygen atoms in total. The van der Waals surface area contributed by atoms with Crippen LogP contribution in [0.5, 0.6) is 5.75 Å². The Balaban J connectivity index is 1.94. The van der Waals surface area contributed by atoms with Crippen molar-refractivity contribution in [1.29, 1.82) is 0 Å². The van der Waals surface area contributed by atoms with E-state index < -0.39 is 11.9 Å². The summed E-state index contributed by atoms with van der Waals surface area (Å²) in [5.41, 5.74) is 0.131. The third-order valence-electron chi connectivity index (χ3n) is 3.31. The summed E-state index contributed by atoms with van der Waals surface area (Å²) in [5.74, 6) is 1.32. The average Bonchev–Trinajstić information content (AvgIpc) is 3.07. The van der Waals surface area contributed by atoms with Crippen molar-refractivity contribution in [2.24, 2.45) is 4.99 Å². The predicted molar refractivity (Wildman–Crippen MR) is 101 cm³/mol. The number of guanidine groups is 1. The molecule has 0 aliphatic carbocycles. The van der Waals surface area contributed by atoms with E-state index in [1.807, 2.05) is 45.0 Å². The number of benzene rings is 1. The van der Waals surface area contributed by atoms with Crippen molar-refractivity contribution in [2.45, 2.75) is 46.1 Å². The molecule has 0 atom stereocenters. The van der Waals surface area contributed by atoms with Crippen LogP contribution in [0.2, 0.25) is 0 Å². The highest BCUT2D eigenvalue weighted by molar-refractivity contribution is 7.09. The minimum Gasteiger partial charge on any atom is -0.491 e. The van der Waals surface area contributed by atoms with Gasteiger partial charge < -0.3 is 15.4 Å². The minimum atomic E-state index is -4.42. The Bertz CT molecular complexity index is 742. The van der Waals surface area contributed by atoms with Crippen LogP contribution >= 0.6 is 11.3 Å². The summed E-state index contributed by atoms with van der Waals surface area (Å²) in [4.78, 5) is 8.05. The second-order valence-electron chi connectivity index (χ2n) is 5.98. The fourth-order valence-electron chi connectivity index (χ4n) is 2.14. The van der Waals surface area contributed by atoms with Gasteiger partial charge in [-0.3, -0.25) is 0 Å². The number of halogens is 3. The largest absolute Gasteiger partial charge is 0.491 e. The van der Waals surface area contributed by atoms with E-state index in [4.69, 9.17) is 4.74 Å². The van der Waals surface area contributed by atoms with Gasteiger partial charge in [0.2, 0.25) is 0 Å². The molecular formula is C18H23F3N4OS. The van der Waals surface area contributed by atoms with Crippen LogP contribution in [0, 0.1) is 0 Å². The smallest absolute Gasteiger partial charge is 0.434 e. The number of rotatable bonds is 7. The Hall–Kier alpha value is -2.29. The van der Waals surface area contributed by atoms with Crippen LogP contribution in [0.4, 0.5) is 13.2 Å². The third kappa shape index (κ3) is 7.09. The van der Waals surface area contributed by atoms with E-state index in [0.29, 0.717) is 24.1 Å². The van der Waals surface area contributed by atoms with Gasteiger partial charge in [0, 0.05) is 11.9 Å². The number of nitrogens with one attached hydrogen (secondary N) is 2. The highest BCUT2D eigenvalue weighted by Crippen LogP contribution is 2.29. The molecule has 0 amide bonds. The van der Waals surface area contributed by atoms with E-state index in [1.165, 1.54) is 0 Å². The topological polar surface area (TPSA) is 58.5 Å². The Labute approximate surface area is 160 Å². The van der Waals surface area contributed by atoms with Crippen molar-refractivity contribution < 1.29 is 17.9 Å². The molecule has 2 rings (SSSR count). The highest BCUT2D eigenvalue weighted by Gasteiger charge is 2.33. The molecule has 2 N–H and O–H groups in total. The van der Waals surface area contributed by atoms with Gasteiger partial charge in [0.15, 0.2) is 11.7 Å². The zero-order valence-electron chi connectivity index (χ0n) is 15.4. The Kier molecular flexibility index (Phi) is 7.46. The predicted octanol–water partition coefficient (Wildman–Crippen LogP) is 4.20. The van der Waals surface area contributed by atoms with E-state index in [9.17, 15) is 13.2 Å². The molecular weight excluding hydrogens is 377 g/mol. The summed E-state index contributed by atoms with van der Waals surface area (Å²) >= 11 is 0.967. The Morgan fingerprint density at radius 3 is 2.48 bits per heavy atom. The van der Waals surface area contributed by atoms with Gasteiger partial charge in [-0.15, -0.1) is 11.3 Å². The maximum atomic E-state index is 12.6. The number of thiazole rings is 1. The number of aromatic nitrogens is 1. The fraction of sp³-hybridized carbons (Fsp3) is 0.444. The van der Waals surface area contributed by atoms with Crippen molar-refractivity contribution in [1.82, 2.24) is 15.6 Å². The lowest BCUT2D eigenvalue weighted by atomic mass is 10.2. The van der Waals surface area contributed by atoms with Gasteiger partial charge in [0.05, 0.1) is 19.2 Å². The van der Waals surface area contributed by atoms with Crippen LogP contribution in [0.3, 0.4) is 0 Å². The van der Waals surface area contributed by atoms with E-state index in [2.05, 4.69) is 20.6 Å². The van der Waals surface area contributed by atoms with Gasteiger partial charge >= 0.3 is 6.18 Å². The Morgan fingerprint density at radius 1 is 1.22 bits per heavy atom. The first kappa shape index (κ1) is 21.0. The van der Waals surface area contributed by atoms with Crippen LogP contribution in [0.25, 0.3) is 0 Å². The lowest BCUT2D eigenvalue weighted by Gasteiger charge is -2.11. The molecule has 0 aliphatic rings. The number of aliphatic imine (C=N–C) groups is 1. The standard InChI is InChI=1S/C18H23F3N4OS/c1-4-22-17(24-10-16-25-15(11-27-16)18(19,20)21)23-9-13-5-7-14(8-6-13)26-12(2)3/h5-8,11-12H,4,9-10H2,1-3H3,(H2,22,23,24). The summed E-state index contributed by atoms with van der Waals surface area (Å²) in [5, 5.41) is 7.44. The van der Waals surface area contributed by atoms with Gasteiger partial charge in [-0.25, -0.2) is 9.98 Å². The van der Waals surface area contributed by atoms with Gasteiger partial charge in [0.1, 0.15) is 10.8 Å². The van der Waals surface area contributed by atoms with Gasteiger partial charge in [-0.2, -0.15) is 13.2 Å². The van der Waals surface area contributed by atoms with Crippen LogP contribution in [0.15, 0.2) is 34.6 Å². The first-order valence-corrected chi connectivity index (χ1v) is 9.45. The molecule has 1 aromatic heterocycles. The molecule has 0 fully saturated rings. The number of alkyl halides is 3. The molecule has 0 bridgehead atoms. The summed E-state index contributed by atoms with van der Waals surface area (Å²) in [6.07, 6.45) is -4.30. The van der Waals surface area contributed by atoms with E-state index >= 15 is 0 Å². The van der Waals surface area contributed by atoms with Crippen LogP contribution in [0.1, 0.15) is 37.0 Å². The maximum absolute atomic E-state index is 12.6. The summed E-state index contributed by atoms with van der Waals surface area (Å²) in [6.45, 7) is 7.09. The number of hydrogen-bond donors (Lipinski definition) is 2. The van der Waals surface area contributed by atoms with Crippen molar-refractivity contribution in [2.75, 3.05) is 6.54 Å². The minimum absolute atomic E-state index is 0.113. The molecule has 0 aliphatic heterocycles. The number of nitrogens with zero attached hydrogens (tertiary/aromatic N) is 2. The van der Waals surface area contributed by atoms with Crippen molar-refractivity contribution in [3.05, 3.63) is 45.9 Å². The third-order valence-corrected chi connectivity index (χ3v) is 4.16. The fourth-order valence-corrected chi connectivity index (χ4v) is 2.88. The average molecular weight is 400 g/mol. The zero-order valence-corrected chi connectivity index (χ0v) is 16.2. The molecule has 2 aromatic rings. The van der Waals surface area contributed by atoms with Crippen LogP contribution < -0.4 is 15.4 Å². The highest BCUT2D eigenvalue weighted by atomic mass is 32.1. The van der Waals surface area contributed by atoms with E-state index in [1.54, 1.807) is 0 Å². The maximum Gasteiger partial charge on any atom is 0.434 e. The molecule has 0 saturated heterocycles. The summed E-state index contributed by atoms with van der Waals surface area (Å²) in [7, 11) is 0. The van der Waals surface area contributed by atoms with Crippen LogP contribution in [-0.4, -0.2) is 23.6 Å². The van der Waals surface area contributed by atoms with Crippen molar-refractivity contribution in [3.63, 3.8) is 0 Å². The molecule has 27 heavy (non-hydrogen) atoms. The molecule has 0 radical (unpaired) electrons. The molecule has 0 saturated carbocycles. The zero-order chi connectivity index (χ0) is 19.9. The first-order chi connectivity index (χ1) is 12.8. The number of ether oxygens (including phenoxy) is 1. The van der Waals surface area contributed by atoms with Crippen LogP contribution in [-0.2, 0) is 19.3 Å². The van der Waals surface area contributed by atoms with Crippen molar-refractivity contribution in [3.8, 4) is 5.75 Å². The molecule has 0 unspecified atom stereocenters. The quantitative estimate of drug-likeness (QED) is 0.540. The van der Waals surface area contributed by atoms with Gasteiger partial charge in [0.25, 0.3) is 0 Å². The van der Waals surface area contributed by atoms with E-state index in [0.717, 1.165) is 28.0 Å². The van der Waals surface area contributed by atoms with Gasteiger partial charge in [-0.05, 0) is 38.5 Å². The monoisotopic (exact) mass is 400 g/mol. The SMILES string of the molecule is CCNC(=NCc1ccc(OC(C)C)cc1)NCc1nc(C(F)(F)F)cs1. The second-order valence-corrected chi connectivity index (χ2v) is 6.93. The summed E-state index contributed by atoms with van der Waals surface area (Å²) < 4.78 is 43.4. The normalized spacial score (nSPS) is 12.3.